The van der Waals surface area contributed by atoms with E-state index in [9.17, 15) is 14.7 Å². The van der Waals surface area contributed by atoms with E-state index in [4.69, 9.17) is 16.3 Å². The lowest BCUT2D eigenvalue weighted by atomic mass is 10.2. The molecule has 2 amide bonds. The zero-order valence-electron chi connectivity index (χ0n) is 19.4. The molecule has 3 aromatic carbocycles. The second kappa shape index (κ2) is 11.3. The second-order valence-corrected chi connectivity index (χ2v) is 8.19. The Morgan fingerprint density at radius 3 is 2.53 bits per heavy atom. The average molecular weight is 503 g/mol. The Bertz CT molecular complexity index is 1460. The SMILES string of the molecule is COc1ccc(/C=C/C(=O)NCC(=O)N=Nc2c(O)n(Cc3ccccc3Cl)c3ccccc23)cc1. The topological polar surface area (TPSA) is 105 Å². The van der Waals surface area contributed by atoms with Gasteiger partial charge in [0.05, 0.1) is 19.2 Å². The van der Waals surface area contributed by atoms with Crippen LogP contribution in [0.3, 0.4) is 0 Å². The first-order valence-corrected chi connectivity index (χ1v) is 11.4. The van der Waals surface area contributed by atoms with Gasteiger partial charge in [0.25, 0.3) is 5.91 Å². The van der Waals surface area contributed by atoms with Crippen molar-refractivity contribution in [3.63, 3.8) is 0 Å². The Labute approximate surface area is 212 Å². The van der Waals surface area contributed by atoms with Gasteiger partial charge in [-0.1, -0.05) is 60.1 Å². The van der Waals surface area contributed by atoms with E-state index in [2.05, 4.69) is 15.5 Å². The van der Waals surface area contributed by atoms with Gasteiger partial charge < -0.3 is 19.7 Å². The van der Waals surface area contributed by atoms with Gasteiger partial charge in [0.1, 0.15) is 12.3 Å². The maximum atomic E-state index is 12.2. The molecule has 0 saturated carbocycles. The Hall–Kier alpha value is -4.43. The van der Waals surface area contributed by atoms with Crippen LogP contribution in [0.4, 0.5) is 5.69 Å². The lowest BCUT2D eigenvalue weighted by Gasteiger charge is -2.08. The summed E-state index contributed by atoms with van der Waals surface area (Å²) in [5.74, 6) is -0.540. The summed E-state index contributed by atoms with van der Waals surface area (Å²) < 4.78 is 6.75. The van der Waals surface area contributed by atoms with Gasteiger partial charge in [-0.05, 0) is 41.5 Å². The van der Waals surface area contributed by atoms with Gasteiger partial charge in [-0.15, -0.1) is 10.2 Å². The van der Waals surface area contributed by atoms with Gasteiger partial charge in [-0.25, -0.2) is 0 Å². The third-order valence-corrected chi connectivity index (χ3v) is 5.79. The standard InChI is InChI=1S/C27H23ClN4O4/c1-36-20-13-10-18(11-14-20)12-15-24(33)29-16-25(34)30-31-26-21-7-3-5-9-23(21)32(27(26)35)17-19-6-2-4-8-22(19)28/h2-15,35H,16-17H2,1H3,(H,29,33)/b15-12+,31-30?. The van der Waals surface area contributed by atoms with Crippen LogP contribution in [0.2, 0.25) is 5.02 Å². The highest BCUT2D eigenvalue weighted by Gasteiger charge is 2.17. The highest BCUT2D eigenvalue weighted by Crippen LogP contribution is 2.39. The molecule has 1 heterocycles. The van der Waals surface area contributed by atoms with Crippen molar-refractivity contribution >= 4 is 46.1 Å². The molecule has 0 saturated heterocycles. The molecular weight excluding hydrogens is 480 g/mol. The summed E-state index contributed by atoms with van der Waals surface area (Å²) in [7, 11) is 1.58. The Morgan fingerprint density at radius 1 is 1.06 bits per heavy atom. The molecule has 0 fully saturated rings. The van der Waals surface area contributed by atoms with Crippen LogP contribution in [-0.4, -0.2) is 35.1 Å². The monoisotopic (exact) mass is 502 g/mol. The summed E-state index contributed by atoms with van der Waals surface area (Å²) in [6.45, 7) is -0.0274. The van der Waals surface area contributed by atoms with E-state index in [1.165, 1.54) is 6.08 Å². The van der Waals surface area contributed by atoms with Gasteiger partial charge in [-0.2, -0.15) is 0 Å². The summed E-state index contributed by atoms with van der Waals surface area (Å²) in [6.07, 6.45) is 2.94. The first-order valence-electron chi connectivity index (χ1n) is 11.0. The van der Waals surface area contributed by atoms with Crippen LogP contribution in [0, 0.1) is 0 Å². The number of ether oxygens (including phenoxy) is 1. The Balaban J connectivity index is 1.43. The second-order valence-electron chi connectivity index (χ2n) is 7.78. The summed E-state index contributed by atoms with van der Waals surface area (Å²) in [4.78, 5) is 24.3. The predicted octanol–water partition coefficient (Wildman–Crippen LogP) is 5.50. The number of amides is 2. The van der Waals surface area contributed by atoms with Crippen LogP contribution in [0.1, 0.15) is 11.1 Å². The van der Waals surface area contributed by atoms with E-state index in [1.807, 2.05) is 30.3 Å². The maximum absolute atomic E-state index is 12.2. The van der Waals surface area contributed by atoms with E-state index in [-0.39, 0.29) is 18.1 Å². The molecule has 0 aliphatic rings. The van der Waals surface area contributed by atoms with Crippen molar-refractivity contribution < 1.29 is 19.4 Å². The van der Waals surface area contributed by atoms with Crippen molar-refractivity contribution in [3.8, 4) is 11.6 Å². The number of aromatic hydroxyl groups is 1. The number of hydrogen-bond donors (Lipinski definition) is 2. The normalized spacial score (nSPS) is 11.4. The molecule has 36 heavy (non-hydrogen) atoms. The minimum Gasteiger partial charge on any atom is -0.497 e. The van der Waals surface area contributed by atoms with E-state index in [1.54, 1.807) is 60.2 Å². The quantitative estimate of drug-likeness (QED) is 0.245. The van der Waals surface area contributed by atoms with E-state index in [0.29, 0.717) is 28.2 Å². The average Bonchev–Trinajstić information content (AvgIpc) is 3.17. The zero-order valence-corrected chi connectivity index (χ0v) is 20.1. The molecule has 0 aliphatic heterocycles. The van der Waals surface area contributed by atoms with Crippen molar-refractivity contribution in [2.75, 3.05) is 13.7 Å². The Morgan fingerprint density at radius 2 is 1.78 bits per heavy atom. The predicted molar refractivity (Wildman–Crippen MR) is 139 cm³/mol. The number of azo groups is 1. The number of nitrogens with zero attached hydrogens (tertiary/aromatic N) is 3. The fourth-order valence-corrected chi connectivity index (χ4v) is 3.77. The van der Waals surface area contributed by atoms with Gasteiger partial charge in [0, 0.05) is 16.5 Å². The molecule has 0 spiro atoms. The van der Waals surface area contributed by atoms with Crippen LogP contribution < -0.4 is 10.1 Å². The maximum Gasteiger partial charge on any atom is 0.283 e. The molecule has 4 rings (SSSR count). The minimum atomic E-state index is -0.663. The highest BCUT2D eigenvalue weighted by molar-refractivity contribution is 6.31. The summed E-state index contributed by atoms with van der Waals surface area (Å²) in [5, 5.41) is 22.2. The number of carbonyl (C=O) groups is 2. The van der Waals surface area contributed by atoms with Crippen molar-refractivity contribution in [1.29, 1.82) is 0 Å². The number of aromatic nitrogens is 1. The third kappa shape index (κ3) is 5.79. The Kier molecular flexibility index (Phi) is 7.77. The summed E-state index contributed by atoms with van der Waals surface area (Å²) in [5.41, 5.74) is 2.51. The smallest absolute Gasteiger partial charge is 0.283 e. The van der Waals surface area contributed by atoms with Crippen molar-refractivity contribution in [2.45, 2.75) is 6.54 Å². The highest BCUT2D eigenvalue weighted by atomic mass is 35.5. The van der Waals surface area contributed by atoms with Crippen LogP contribution >= 0.6 is 11.6 Å². The van der Waals surface area contributed by atoms with Crippen molar-refractivity contribution in [1.82, 2.24) is 9.88 Å². The van der Waals surface area contributed by atoms with Crippen LogP contribution in [0.15, 0.2) is 89.1 Å². The zero-order chi connectivity index (χ0) is 25.5. The summed E-state index contributed by atoms with van der Waals surface area (Å²) >= 11 is 6.29. The fraction of sp³-hybridized carbons (Fsp3) is 0.111. The molecule has 0 unspecified atom stereocenters. The lowest BCUT2D eigenvalue weighted by Crippen LogP contribution is -2.26. The largest absolute Gasteiger partial charge is 0.497 e. The molecule has 9 heteroatoms. The number of fused-ring (bicyclic) bond motifs is 1. The third-order valence-electron chi connectivity index (χ3n) is 5.42. The van der Waals surface area contributed by atoms with Crippen LogP contribution in [-0.2, 0) is 16.1 Å². The molecule has 8 nitrogen and oxygen atoms in total. The summed E-state index contributed by atoms with van der Waals surface area (Å²) in [6, 6.07) is 21.8. The van der Waals surface area contributed by atoms with E-state index < -0.39 is 11.8 Å². The number of carbonyl (C=O) groups excluding carboxylic acids is 2. The minimum absolute atomic E-state index is 0.140. The number of para-hydroxylation sites is 1. The van der Waals surface area contributed by atoms with Gasteiger partial charge in [-0.3, -0.25) is 9.59 Å². The molecule has 0 aliphatic carbocycles. The van der Waals surface area contributed by atoms with Crippen molar-refractivity contribution in [3.05, 3.63) is 95.0 Å². The van der Waals surface area contributed by atoms with Crippen LogP contribution in [0.25, 0.3) is 17.0 Å². The first kappa shape index (κ1) is 24.7. The number of benzene rings is 3. The van der Waals surface area contributed by atoms with Gasteiger partial charge >= 0.3 is 0 Å². The first-order chi connectivity index (χ1) is 17.5. The lowest BCUT2D eigenvalue weighted by molar-refractivity contribution is -0.122. The van der Waals surface area contributed by atoms with Gasteiger partial charge in [0.15, 0.2) is 5.69 Å². The molecule has 182 valence electrons. The molecular formula is C27H23ClN4O4. The molecule has 1 aromatic heterocycles. The molecule has 0 radical (unpaired) electrons. The molecule has 0 bridgehead atoms. The number of nitrogens with one attached hydrogen (secondary N) is 1. The molecule has 4 aromatic rings. The number of methoxy groups -OCH3 is 1. The van der Waals surface area contributed by atoms with Crippen LogP contribution in [0.5, 0.6) is 11.6 Å². The molecule has 2 N–H and O–H groups in total. The number of hydrogen-bond acceptors (Lipinski definition) is 5. The fourth-order valence-electron chi connectivity index (χ4n) is 3.58. The van der Waals surface area contributed by atoms with E-state index >= 15 is 0 Å². The number of halogens is 1. The number of rotatable bonds is 8. The van der Waals surface area contributed by atoms with Gasteiger partial charge in [0.2, 0.25) is 11.8 Å². The molecule has 0 atom stereocenters. The van der Waals surface area contributed by atoms with E-state index in [0.717, 1.165) is 11.1 Å². The van der Waals surface area contributed by atoms with Crippen molar-refractivity contribution in [2.24, 2.45) is 10.2 Å².